The van der Waals surface area contributed by atoms with E-state index in [1.807, 2.05) is 7.05 Å². The van der Waals surface area contributed by atoms with Crippen molar-refractivity contribution in [2.24, 2.45) is 0 Å². The van der Waals surface area contributed by atoms with Gasteiger partial charge in [-0.05, 0) is 12.8 Å². The molecule has 1 atom stereocenters. The summed E-state index contributed by atoms with van der Waals surface area (Å²) in [5.74, 6) is 2.21. The Kier molecular flexibility index (Phi) is 4.19. The van der Waals surface area contributed by atoms with E-state index in [-0.39, 0.29) is 11.9 Å². The van der Waals surface area contributed by atoms with Crippen LogP contribution in [0.4, 0.5) is 11.6 Å². The lowest BCUT2D eigenvalue weighted by Crippen LogP contribution is -2.43. The lowest BCUT2D eigenvalue weighted by molar-refractivity contribution is -0.132. The molecule has 0 radical (unpaired) electrons. The summed E-state index contributed by atoms with van der Waals surface area (Å²) in [7, 11) is 1.83. The van der Waals surface area contributed by atoms with E-state index in [2.05, 4.69) is 22.2 Å². The molecule has 1 aromatic rings. The number of nitrogen functional groups attached to an aromatic ring is 1. The zero-order valence-electron chi connectivity index (χ0n) is 11.5. The zero-order chi connectivity index (χ0) is 13.8. The number of aromatic nitrogens is 2. The molecule has 1 fully saturated rings. The van der Waals surface area contributed by atoms with Crippen molar-refractivity contribution in [3.63, 3.8) is 0 Å². The van der Waals surface area contributed by atoms with E-state index in [0.29, 0.717) is 18.8 Å². The number of anilines is 2. The Bertz CT molecular complexity index is 462. The maximum atomic E-state index is 11.4. The Balaban J connectivity index is 2.04. The monoisotopic (exact) mass is 263 g/mol. The Morgan fingerprint density at radius 1 is 1.53 bits per heavy atom. The van der Waals surface area contributed by atoms with Crippen molar-refractivity contribution >= 4 is 17.5 Å². The highest BCUT2D eigenvalue weighted by molar-refractivity contribution is 5.77. The van der Waals surface area contributed by atoms with E-state index in [1.54, 1.807) is 11.0 Å². The quantitative estimate of drug-likeness (QED) is 0.848. The van der Waals surface area contributed by atoms with Crippen molar-refractivity contribution in [1.82, 2.24) is 14.9 Å². The van der Waals surface area contributed by atoms with Crippen LogP contribution in [0.1, 0.15) is 32.0 Å². The van der Waals surface area contributed by atoms with Gasteiger partial charge in [-0.2, -0.15) is 0 Å². The molecule has 0 bridgehead atoms. The summed E-state index contributed by atoms with van der Waals surface area (Å²) in [4.78, 5) is 21.8. The number of nitrogens with two attached hydrogens (primary N) is 1. The van der Waals surface area contributed by atoms with Gasteiger partial charge in [0.15, 0.2) is 0 Å². The van der Waals surface area contributed by atoms with Crippen molar-refractivity contribution in [3.8, 4) is 0 Å². The smallest absolute Gasteiger partial charge is 0.222 e. The number of nitrogens with one attached hydrogen (secondary N) is 1. The van der Waals surface area contributed by atoms with E-state index in [4.69, 9.17) is 5.73 Å². The minimum absolute atomic E-state index is 0.201. The molecule has 6 nitrogen and oxygen atoms in total. The predicted molar refractivity (Wildman–Crippen MR) is 74.7 cm³/mol. The van der Waals surface area contributed by atoms with E-state index in [1.165, 1.54) is 0 Å². The molecular weight excluding hydrogens is 242 g/mol. The molecule has 1 unspecified atom stereocenters. The van der Waals surface area contributed by atoms with Crippen LogP contribution in [-0.4, -0.2) is 40.4 Å². The number of carbonyl (C=O) groups excluding carboxylic acids is 1. The second kappa shape index (κ2) is 5.86. The Morgan fingerprint density at radius 3 is 3.00 bits per heavy atom. The highest BCUT2D eigenvalue weighted by Crippen LogP contribution is 2.16. The van der Waals surface area contributed by atoms with Gasteiger partial charge in [-0.25, -0.2) is 9.97 Å². The average Bonchev–Trinajstić information content (AvgIpc) is 2.33. The summed E-state index contributed by atoms with van der Waals surface area (Å²) < 4.78 is 0. The molecule has 1 amide bonds. The molecule has 1 aliphatic rings. The fraction of sp³-hybridized carbons (Fsp3) is 0.615. The molecular formula is C13H21N5O. The van der Waals surface area contributed by atoms with Crippen LogP contribution in [0, 0.1) is 0 Å². The van der Waals surface area contributed by atoms with E-state index in [0.717, 1.165) is 30.9 Å². The molecule has 3 N–H and O–H groups in total. The average molecular weight is 263 g/mol. The van der Waals surface area contributed by atoms with Gasteiger partial charge in [-0.1, -0.05) is 6.92 Å². The van der Waals surface area contributed by atoms with Gasteiger partial charge in [-0.3, -0.25) is 4.79 Å². The van der Waals surface area contributed by atoms with Gasteiger partial charge >= 0.3 is 0 Å². The SMILES string of the molecule is CCCc1nc(N)cc(NC2CCC(=O)N(C)C2)n1. The maximum absolute atomic E-state index is 11.4. The van der Waals surface area contributed by atoms with Crippen LogP contribution >= 0.6 is 0 Å². The van der Waals surface area contributed by atoms with Crippen molar-refractivity contribution in [2.75, 3.05) is 24.6 Å². The summed E-state index contributed by atoms with van der Waals surface area (Å²) in [5, 5.41) is 3.35. The van der Waals surface area contributed by atoms with Crippen LogP contribution in [0.25, 0.3) is 0 Å². The van der Waals surface area contributed by atoms with E-state index < -0.39 is 0 Å². The molecule has 0 spiro atoms. The first-order valence-corrected chi connectivity index (χ1v) is 6.72. The summed E-state index contributed by atoms with van der Waals surface area (Å²) in [6, 6.07) is 1.97. The van der Waals surface area contributed by atoms with Gasteiger partial charge in [0.05, 0.1) is 0 Å². The predicted octanol–water partition coefficient (Wildman–Crippen LogP) is 1.04. The number of hydrogen-bond acceptors (Lipinski definition) is 5. The number of likely N-dealkylation sites (tertiary alicyclic amines) is 1. The fourth-order valence-corrected chi connectivity index (χ4v) is 2.27. The normalized spacial score (nSPS) is 19.6. The molecule has 0 aromatic carbocycles. The van der Waals surface area contributed by atoms with Crippen molar-refractivity contribution in [1.29, 1.82) is 0 Å². The van der Waals surface area contributed by atoms with Crippen LogP contribution in [0.5, 0.6) is 0 Å². The van der Waals surface area contributed by atoms with E-state index >= 15 is 0 Å². The Hall–Kier alpha value is -1.85. The summed E-state index contributed by atoms with van der Waals surface area (Å²) in [6.07, 6.45) is 3.22. The Morgan fingerprint density at radius 2 is 2.32 bits per heavy atom. The first-order valence-electron chi connectivity index (χ1n) is 6.72. The third kappa shape index (κ3) is 3.56. The molecule has 104 valence electrons. The molecule has 1 aliphatic heterocycles. The minimum Gasteiger partial charge on any atom is -0.384 e. The van der Waals surface area contributed by atoms with Crippen LogP contribution in [0.15, 0.2) is 6.07 Å². The number of aryl methyl sites for hydroxylation is 1. The minimum atomic E-state index is 0.201. The van der Waals surface area contributed by atoms with Crippen LogP contribution in [0.3, 0.4) is 0 Å². The number of rotatable bonds is 4. The topological polar surface area (TPSA) is 84.1 Å². The second-order valence-electron chi connectivity index (χ2n) is 5.00. The summed E-state index contributed by atoms with van der Waals surface area (Å²) >= 11 is 0. The highest BCUT2D eigenvalue weighted by atomic mass is 16.2. The fourth-order valence-electron chi connectivity index (χ4n) is 2.27. The standard InChI is InChI=1S/C13H21N5O/c1-3-4-11-16-10(14)7-12(17-11)15-9-5-6-13(19)18(2)8-9/h7,9H,3-6,8H2,1-2H3,(H3,14,15,16,17). The van der Waals surface area contributed by atoms with Crippen LogP contribution in [-0.2, 0) is 11.2 Å². The maximum Gasteiger partial charge on any atom is 0.222 e. The lowest BCUT2D eigenvalue weighted by atomic mass is 10.1. The molecule has 2 rings (SSSR count). The number of hydrogen-bond donors (Lipinski definition) is 2. The van der Waals surface area contributed by atoms with Gasteiger partial charge < -0.3 is 16.0 Å². The molecule has 1 saturated heterocycles. The van der Waals surface area contributed by atoms with Crippen molar-refractivity contribution in [2.45, 2.75) is 38.6 Å². The highest BCUT2D eigenvalue weighted by Gasteiger charge is 2.23. The first kappa shape index (κ1) is 13.6. The van der Waals surface area contributed by atoms with Gasteiger partial charge in [-0.15, -0.1) is 0 Å². The number of carbonyl (C=O) groups is 1. The third-order valence-corrected chi connectivity index (χ3v) is 3.24. The largest absolute Gasteiger partial charge is 0.384 e. The van der Waals surface area contributed by atoms with Gasteiger partial charge in [0.1, 0.15) is 17.5 Å². The van der Waals surface area contributed by atoms with Crippen LogP contribution in [0.2, 0.25) is 0 Å². The Labute approximate surface area is 113 Å². The van der Waals surface area contributed by atoms with Gasteiger partial charge in [0, 0.05) is 38.5 Å². The molecule has 6 heteroatoms. The molecule has 2 heterocycles. The van der Waals surface area contributed by atoms with Gasteiger partial charge in [0.25, 0.3) is 0 Å². The second-order valence-corrected chi connectivity index (χ2v) is 5.00. The molecule has 0 aliphatic carbocycles. The zero-order valence-corrected chi connectivity index (χ0v) is 11.5. The molecule has 0 saturated carbocycles. The number of amides is 1. The summed E-state index contributed by atoms with van der Waals surface area (Å²) in [6.45, 7) is 2.78. The summed E-state index contributed by atoms with van der Waals surface area (Å²) in [5.41, 5.74) is 5.79. The molecule has 1 aromatic heterocycles. The van der Waals surface area contributed by atoms with Gasteiger partial charge in [0.2, 0.25) is 5.91 Å². The van der Waals surface area contributed by atoms with Crippen LogP contribution < -0.4 is 11.1 Å². The third-order valence-electron chi connectivity index (χ3n) is 3.24. The lowest BCUT2D eigenvalue weighted by Gasteiger charge is -2.30. The number of nitrogens with zero attached hydrogens (tertiary/aromatic N) is 3. The van der Waals surface area contributed by atoms with Crippen molar-refractivity contribution < 1.29 is 4.79 Å². The number of piperidine rings is 1. The molecule has 19 heavy (non-hydrogen) atoms. The van der Waals surface area contributed by atoms with Crippen molar-refractivity contribution in [3.05, 3.63) is 11.9 Å². The van der Waals surface area contributed by atoms with E-state index in [9.17, 15) is 4.79 Å². The number of likely N-dealkylation sites (N-methyl/N-ethyl adjacent to an activating group) is 1. The first-order chi connectivity index (χ1) is 9.08.